The Balaban J connectivity index is 1.42. The number of imidazole rings is 1. The molecule has 188 valence electrons. The molecular weight excluding hydrogens is 473 g/mol. The first-order chi connectivity index (χ1) is 16.6. The molecule has 2 fully saturated rings. The third-order valence-corrected chi connectivity index (χ3v) is 7.34. The van der Waals surface area contributed by atoms with Crippen LogP contribution >= 0.6 is 11.6 Å². The van der Waals surface area contributed by atoms with Gasteiger partial charge in [-0.25, -0.2) is 9.37 Å². The average molecular weight is 504 g/mol. The quantitative estimate of drug-likeness (QED) is 0.570. The first-order valence-electron chi connectivity index (χ1n) is 12.0. The molecule has 10 heteroatoms. The van der Waals surface area contributed by atoms with E-state index in [2.05, 4.69) is 20.6 Å². The second-order valence-corrected chi connectivity index (χ2v) is 10.3. The maximum absolute atomic E-state index is 13.9. The lowest BCUT2D eigenvalue weighted by atomic mass is 9.67. The number of anilines is 1. The van der Waals surface area contributed by atoms with Gasteiger partial charge < -0.3 is 20.5 Å². The molecule has 2 aromatic rings. The molecule has 0 radical (unpaired) electrons. The maximum Gasteiger partial charge on any atom is 0.272 e. The van der Waals surface area contributed by atoms with E-state index in [9.17, 15) is 18.8 Å². The van der Waals surface area contributed by atoms with E-state index in [0.717, 1.165) is 12.8 Å². The summed E-state index contributed by atoms with van der Waals surface area (Å²) in [5, 5.41) is 5.97. The van der Waals surface area contributed by atoms with Crippen LogP contribution in [0.3, 0.4) is 0 Å². The third kappa shape index (κ3) is 5.05. The lowest BCUT2D eigenvalue weighted by molar-refractivity contribution is -0.132. The lowest BCUT2D eigenvalue weighted by Crippen LogP contribution is -2.52. The Hall–Kier alpha value is -2.94. The predicted molar refractivity (Wildman–Crippen MR) is 131 cm³/mol. The number of aromatic nitrogens is 2. The number of hydrogen-bond donors (Lipinski definition) is 3. The minimum atomic E-state index is -0.513. The minimum Gasteiger partial charge on any atom is -0.348 e. The number of nitrogens with one attached hydrogen (secondary N) is 3. The molecule has 0 bridgehead atoms. The number of rotatable bonds is 5. The van der Waals surface area contributed by atoms with Crippen molar-refractivity contribution in [1.29, 1.82) is 0 Å². The molecule has 3 amide bonds. The van der Waals surface area contributed by atoms with Crippen molar-refractivity contribution in [3.05, 3.63) is 46.3 Å². The molecule has 35 heavy (non-hydrogen) atoms. The zero-order chi connectivity index (χ0) is 25.3. The number of piperidine rings is 1. The van der Waals surface area contributed by atoms with Crippen molar-refractivity contribution in [2.24, 2.45) is 5.41 Å². The molecule has 2 aliphatic rings. The van der Waals surface area contributed by atoms with Gasteiger partial charge >= 0.3 is 0 Å². The van der Waals surface area contributed by atoms with Crippen molar-refractivity contribution in [3.63, 3.8) is 0 Å². The van der Waals surface area contributed by atoms with Crippen LogP contribution in [0.15, 0.2) is 18.5 Å². The molecule has 8 nitrogen and oxygen atoms in total. The van der Waals surface area contributed by atoms with Crippen molar-refractivity contribution in [3.8, 4) is 0 Å². The Morgan fingerprint density at radius 1 is 1.23 bits per heavy atom. The van der Waals surface area contributed by atoms with Gasteiger partial charge in [0.2, 0.25) is 5.91 Å². The van der Waals surface area contributed by atoms with Gasteiger partial charge in [-0.15, -0.1) is 0 Å². The number of aryl methyl sites for hydroxylation is 1. The van der Waals surface area contributed by atoms with E-state index in [-0.39, 0.29) is 40.3 Å². The number of hydrogen-bond acceptors (Lipinski definition) is 4. The highest BCUT2D eigenvalue weighted by Crippen LogP contribution is 2.46. The molecule has 1 saturated heterocycles. The van der Waals surface area contributed by atoms with Crippen molar-refractivity contribution < 1.29 is 18.8 Å². The fourth-order valence-electron chi connectivity index (χ4n) is 5.16. The fraction of sp³-hybridized carbons (Fsp3) is 0.520. The number of benzene rings is 1. The summed E-state index contributed by atoms with van der Waals surface area (Å²) in [6.07, 6.45) is 5.49. The highest BCUT2D eigenvalue weighted by molar-refractivity contribution is 6.34. The molecule has 1 spiro atoms. The summed E-state index contributed by atoms with van der Waals surface area (Å²) in [7, 11) is 0. The van der Waals surface area contributed by atoms with E-state index in [1.165, 1.54) is 12.4 Å². The number of aromatic amines is 1. The van der Waals surface area contributed by atoms with Crippen LogP contribution in [0.4, 0.5) is 10.1 Å². The summed E-state index contributed by atoms with van der Waals surface area (Å²) in [6, 6.07) is 2.71. The van der Waals surface area contributed by atoms with Gasteiger partial charge in [-0.3, -0.25) is 14.4 Å². The first-order valence-corrected chi connectivity index (χ1v) is 12.4. The number of amides is 3. The van der Waals surface area contributed by atoms with Gasteiger partial charge in [0, 0.05) is 24.0 Å². The van der Waals surface area contributed by atoms with Crippen LogP contribution in [0.1, 0.15) is 78.9 Å². The lowest BCUT2D eigenvalue weighted by Gasteiger charge is -2.45. The van der Waals surface area contributed by atoms with Crippen molar-refractivity contribution >= 4 is 35.0 Å². The second-order valence-electron chi connectivity index (χ2n) is 9.90. The van der Waals surface area contributed by atoms with Gasteiger partial charge in [-0.1, -0.05) is 11.6 Å². The van der Waals surface area contributed by atoms with Crippen molar-refractivity contribution in [2.75, 3.05) is 11.4 Å². The molecule has 1 aromatic heterocycles. The number of carbonyl (C=O) groups is 3. The van der Waals surface area contributed by atoms with Gasteiger partial charge in [0.1, 0.15) is 11.5 Å². The highest BCUT2D eigenvalue weighted by atomic mass is 35.5. The minimum absolute atomic E-state index is 0.0163. The Labute approximate surface area is 209 Å². The highest BCUT2D eigenvalue weighted by Gasteiger charge is 2.47. The Bertz CT molecular complexity index is 1140. The number of nitrogens with zero attached hydrogens (tertiary/aromatic N) is 2. The van der Waals surface area contributed by atoms with E-state index in [0.29, 0.717) is 43.5 Å². The Morgan fingerprint density at radius 2 is 1.94 bits per heavy atom. The van der Waals surface area contributed by atoms with Gasteiger partial charge in [-0.05, 0) is 77.0 Å². The molecule has 0 atom stereocenters. The Kier molecular flexibility index (Phi) is 7.17. The maximum atomic E-state index is 13.9. The SMILES string of the molecule is Cc1cc(N2CCC[C@]3(CC[C@@H](NC(=O)c4[nH]cnc4C(=O)NC(C)C)CC3)C2=O)c(Cl)cc1F. The van der Waals surface area contributed by atoms with Crippen molar-refractivity contribution in [1.82, 2.24) is 20.6 Å². The summed E-state index contributed by atoms with van der Waals surface area (Å²) in [4.78, 5) is 47.3. The standard InChI is InChI=1S/C25H31ClFN5O3/c1-14(2)30-22(33)20-21(29-13-28-20)23(34)31-16-5-8-25(9-6-16)7-4-10-32(24(25)35)19-11-15(3)18(27)12-17(19)26/h11-14,16H,4-10H2,1-3H3,(H,28,29)(H,30,33)(H,31,34)/t16-,25-. The van der Waals surface area contributed by atoms with E-state index in [1.54, 1.807) is 17.9 Å². The second kappa shape index (κ2) is 9.97. The summed E-state index contributed by atoms with van der Waals surface area (Å²) in [5.74, 6) is -1.17. The summed E-state index contributed by atoms with van der Waals surface area (Å²) in [5.41, 5.74) is 0.680. The topological polar surface area (TPSA) is 107 Å². The predicted octanol–water partition coefficient (Wildman–Crippen LogP) is 4.13. The molecule has 2 heterocycles. The third-order valence-electron chi connectivity index (χ3n) is 7.03. The smallest absolute Gasteiger partial charge is 0.272 e. The van der Waals surface area contributed by atoms with Crippen molar-refractivity contribution in [2.45, 2.75) is 71.4 Å². The molecule has 1 aliphatic carbocycles. The number of carbonyl (C=O) groups excluding carboxylic acids is 3. The average Bonchev–Trinajstić information content (AvgIpc) is 3.30. The van der Waals surface area contributed by atoms with E-state index in [4.69, 9.17) is 11.6 Å². The molecule has 4 rings (SSSR count). The van der Waals surface area contributed by atoms with Crippen LogP contribution in [0.2, 0.25) is 5.02 Å². The summed E-state index contributed by atoms with van der Waals surface area (Å²) >= 11 is 6.30. The van der Waals surface area contributed by atoms with Crippen LogP contribution < -0.4 is 15.5 Å². The van der Waals surface area contributed by atoms with Crippen LogP contribution in [-0.4, -0.2) is 46.3 Å². The Morgan fingerprint density at radius 3 is 2.63 bits per heavy atom. The van der Waals surface area contributed by atoms with Gasteiger partial charge in [0.05, 0.1) is 17.0 Å². The monoisotopic (exact) mass is 503 g/mol. The van der Waals surface area contributed by atoms with Gasteiger partial charge in [-0.2, -0.15) is 0 Å². The fourth-order valence-corrected chi connectivity index (χ4v) is 5.41. The van der Waals surface area contributed by atoms with Crippen LogP contribution in [0.5, 0.6) is 0 Å². The normalized spacial score (nSPS) is 22.5. The molecule has 0 unspecified atom stereocenters. The van der Waals surface area contributed by atoms with E-state index < -0.39 is 17.1 Å². The molecule has 1 aliphatic heterocycles. The number of H-pyrrole nitrogens is 1. The summed E-state index contributed by atoms with van der Waals surface area (Å²) in [6.45, 7) is 5.87. The van der Waals surface area contributed by atoms with Gasteiger partial charge in [0.15, 0.2) is 5.69 Å². The number of halogens is 2. The zero-order valence-corrected chi connectivity index (χ0v) is 21.0. The van der Waals surface area contributed by atoms with Crippen LogP contribution in [0, 0.1) is 18.2 Å². The van der Waals surface area contributed by atoms with E-state index >= 15 is 0 Å². The molecule has 1 saturated carbocycles. The summed E-state index contributed by atoms with van der Waals surface area (Å²) < 4.78 is 13.9. The van der Waals surface area contributed by atoms with Gasteiger partial charge in [0.25, 0.3) is 11.8 Å². The zero-order valence-electron chi connectivity index (χ0n) is 20.2. The molecular formula is C25H31ClFN5O3. The van der Waals surface area contributed by atoms with Crippen LogP contribution in [-0.2, 0) is 4.79 Å². The molecule has 3 N–H and O–H groups in total. The van der Waals surface area contributed by atoms with Crippen LogP contribution in [0.25, 0.3) is 0 Å². The largest absolute Gasteiger partial charge is 0.348 e. The van der Waals surface area contributed by atoms with E-state index in [1.807, 2.05) is 13.8 Å². The molecule has 1 aromatic carbocycles. The first kappa shape index (κ1) is 25.2.